The van der Waals surface area contributed by atoms with Gasteiger partial charge >= 0.3 is 0 Å². The van der Waals surface area contributed by atoms with Crippen molar-refractivity contribution in [1.29, 1.82) is 0 Å². The molecule has 14 heavy (non-hydrogen) atoms. The second-order valence-electron chi connectivity index (χ2n) is 3.43. The fraction of sp³-hybridized carbons (Fsp3) is 1.00. The molecule has 0 aliphatic rings. The fourth-order valence-electron chi connectivity index (χ4n) is 1.18. The Morgan fingerprint density at radius 2 is 1.86 bits per heavy atom. The first kappa shape index (κ1) is 13.8. The number of ether oxygens (including phenoxy) is 1. The van der Waals surface area contributed by atoms with Gasteiger partial charge < -0.3 is 20.3 Å². The standard InChI is InChI=1S/C10H23NO3/c1-3-10(8-12,9-13)11-6-5-7-14-4-2/h11-13H,3-9H2,1-2H3. The summed E-state index contributed by atoms with van der Waals surface area (Å²) in [6.07, 6.45) is 1.62. The molecule has 0 spiro atoms. The summed E-state index contributed by atoms with van der Waals surface area (Å²) >= 11 is 0. The van der Waals surface area contributed by atoms with Crippen LogP contribution in [0.5, 0.6) is 0 Å². The van der Waals surface area contributed by atoms with Crippen LogP contribution in [0.3, 0.4) is 0 Å². The summed E-state index contributed by atoms with van der Waals surface area (Å²) in [5, 5.41) is 21.4. The van der Waals surface area contributed by atoms with Crippen molar-refractivity contribution in [2.45, 2.75) is 32.2 Å². The third-order valence-corrected chi connectivity index (χ3v) is 2.45. The molecule has 0 aromatic carbocycles. The molecule has 86 valence electrons. The van der Waals surface area contributed by atoms with Gasteiger partial charge in [-0.15, -0.1) is 0 Å². The van der Waals surface area contributed by atoms with Gasteiger partial charge in [0, 0.05) is 13.2 Å². The quantitative estimate of drug-likeness (QED) is 0.468. The predicted molar refractivity (Wildman–Crippen MR) is 56.3 cm³/mol. The molecule has 0 amide bonds. The molecule has 0 saturated carbocycles. The van der Waals surface area contributed by atoms with Crippen LogP contribution in [0.1, 0.15) is 26.7 Å². The number of rotatable bonds is 9. The maximum Gasteiger partial charge on any atom is 0.0645 e. The third kappa shape index (κ3) is 4.91. The Hall–Kier alpha value is -0.160. The van der Waals surface area contributed by atoms with Crippen LogP contribution in [-0.4, -0.2) is 48.7 Å². The van der Waals surface area contributed by atoms with E-state index in [1.54, 1.807) is 0 Å². The number of hydrogen-bond acceptors (Lipinski definition) is 4. The Morgan fingerprint density at radius 3 is 2.29 bits per heavy atom. The summed E-state index contributed by atoms with van der Waals surface area (Å²) in [6.45, 7) is 6.06. The second-order valence-corrected chi connectivity index (χ2v) is 3.43. The van der Waals surface area contributed by atoms with E-state index < -0.39 is 5.54 Å². The number of hydrogen-bond donors (Lipinski definition) is 3. The maximum atomic E-state index is 9.13. The first-order valence-electron chi connectivity index (χ1n) is 5.29. The van der Waals surface area contributed by atoms with Crippen molar-refractivity contribution in [2.24, 2.45) is 0 Å². The van der Waals surface area contributed by atoms with Crippen molar-refractivity contribution in [2.75, 3.05) is 33.0 Å². The highest BCUT2D eigenvalue weighted by Gasteiger charge is 2.24. The van der Waals surface area contributed by atoms with Crippen molar-refractivity contribution in [3.05, 3.63) is 0 Å². The zero-order chi connectivity index (χ0) is 10.9. The van der Waals surface area contributed by atoms with E-state index in [9.17, 15) is 0 Å². The predicted octanol–water partition coefficient (Wildman–Crippen LogP) is 0.136. The van der Waals surface area contributed by atoms with Crippen LogP contribution in [0, 0.1) is 0 Å². The lowest BCUT2D eigenvalue weighted by molar-refractivity contribution is 0.0828. The third-order valence-electron chi connectivity index (χ3n) is 2.45. The minimum Gasteiger partial charge on any atom is -0.394 e. The van der Waals surface area contributed by atoms with Crippen LogP contribution in [-0.2, 0) is 4.74 Å². The molecule has 0 unspecified atom stereocenters. The monoisotopic (exact) mass is 205 g/mol. The molecule has 3 N–H and O–H groups in total. The van der Waals surface area contributed by atoms with Crippen LogP contribution < -0.4 is 5.32 Å². The van der Waals surface area contributed by atoms with Gasteiger partial charge in [0.15, 0.2) is 0 Å². The zero-order valence-electron chi connectivity index (χ0n) is 9.25. The number of aliphatic hydroxyl groups is 2. The SMILES string of the molecule is CCOCCCNC(CC)(CO)CO. The molecule has 0 fully saturated rings. The molecular formula is C10H23NO3. The van der Waals surface area contributed by atoms with E-state index in [-0.39, 0.29) is 13.2 Å². The van der Waals surface area contributed by atoms with Gasteiger partial charge in [-0.25, -0.2) is 0 Å². The van der Waals surface area contributed by atoms with Gasteiger partial charge in [-0.2, -0.15) is 0 Å². The Balaban J connectivity index is 3.61. The molecule has 0 aliphatic heterocycles. The largest absolute Gasteiger partial charge is 0.394 e. The van der Waals surface area contributed by atoms with Gasteiger partial charge in [-0.1, -0.05) is 6.92 Å². The smallest absolute Gasteiger partial charge is 0.0645 e. The van der Waals surface area contributed by atoms with E-state index in [0.29, 0.717) is 6.42 Å². The molecule has 0 heterocycles. The van der Waals surface area contributed by atoms with Crippen molar-refractivity contribution in [3.63, 3.8) is 0 Å². The number of nitrogens with one attached hydrogen (secondary N) is 1. The fourth-order valence-corrected chi connectivity index (χ4v) is 1.18. The van der Waals surface area contributed by atoms with Gasteiger partial charge in [0.1, 0.15) is 0 Å². The van der Waals surface area contributed by atoms with Gasteiger partial charge in [0.25, 0.3) is 0 Å². The van der Waals surface area contributed by atoms with E-state index in [1.807, 2.05) is 13.8 Å². The van der Waals surface area contributed by atoms with Crippen LogP contribution in [0.4, 0.5) is 0 Å². The summed E-state index contributed by atoms with van der Waals surface area (Å²) < 4.78 is 5.18. The van der Waals surface area contributed by atoms with Crippen molar-refractivity contribution < 1.29 is 14.9 Å². The minimum atomic E-state index is -0.522. The molecule has 4 nitrogen and oxygen atoms in total. The van der Waals surface area contributed by atoms with Gasteiger partial charge in [-0.05, 0) is 26.3 Å². The van der Waals surface area contributed by atoms with E-state index in [2.05, 4.69) is 5.32 Å². The summed E-state index contributed by atoms with van der Waals surface area (Å²) in [4.78, 5) is 0. The summed E-state index contributed by atoms with van der Waals surface area (Å²) in [5.41, 5.74) is -0.522. The molecule has 0 aliphatic carbocycles. The lowest BCUT2D eigenvalue weighted by Crippen LogP contribution is -2.51. The van der Waals surface area contributed by atoms with E-state index in [0.717, 1.165) is 26.2 Å². The first-order valence-corrected chi connectivity index (χ1v) is 5.29. The molecule has 0 aromatic heterocycles. The van der Waals surface area contributed by atoms with Gasteiger partial charge in [0.2, 0.25) is 0 Å². The highest BCUT2D eigenvalue weighted by molar-refractivity contribution is 4.84. The highest BCUT2D eigenvalue weighted by atomic mass is 16.5. The van der Waals surface area contributed by atoms with E-state index >= 15 is 0 Å². The average molecular weight is 205 g/mol. The minimum absolute atomic E-state index is 0.0331. The van der Waals surface area contributed by atoms with E-state index in [1.165, 1.54) is 0 Å². The molecule has 0 rings (SSSR count). The Bertz CT molecular complexity index is 118. The molecule has 0 saturated heterocycles. The Morgan fingerprint density at radius 1 is 1.21 bits per heavy atom. The Kier molecular flexibility index (Phi) is 8.08. The molecule has 0 aromatic rings. The summed E-state index contributed by atoms with van der Waals surface area (Å²) in [6, 6.07) is 0. The molecular weight excluding hydrogens is 182 g/mol. The molecule has 0 atom stereocenters. The van der Waals surface area contributed by atoms with Crippen molar-refractivity contribution in [1.82, 2.24) is 5.32 Å². The van der Waals surface area contributed by atoms with Crippen LogP contribution in [0.15, 0.2) is 0 Å². The Labute approximate surface area is 86.3 Å². The van der Waals surface area contributed by atoms with Crippen molar-refractivity contribution in [3.8, 4) is 0 Å². The summed E-state index contributed by atoms with van der Waals surface area (Å²) in [5.74, 6) is 0. The van der Waals surface area contributed by atoms with Crippen LogP contribution in [0.2, 0.25) is 0 Å². The average Bonchev–Trinajstić information content (AvgIpc) is 2.24. The van der Waals surface area contributed by atoms with E-state index in [4.69, 9.17) is 14.9 Å². The highest BCUT2D eigenvalue weighted by Crippen LogP contribution is 2.07. The van der Waals surface area contributed by atoms with Crippen LogP contribution >= 0.6 is 0 Å². The molecule has 0 bridgehead atoms. The lowest BCUT2D eigenvalue weighted by Gasteiger charge is -2.29. The maximum absolute atomic E-state index is 9.13. The molecule has 4 heteroatoms. The van der Waals surface area contributed by atoms with Crippen molar-refractivity contribution >= 4 is 0 Å². The topological polar surface area (TPSA) is 61.7 Å². The first-order chi connectivity index (χ1) is 6.74. The molecule has 0 radical (unpaired) electrons. The van der Waals surface area contributed by atoms with Gasteiger partial charge in [0.05, 0.1) is 18.8 Å². The zero-order valence-corrected chi connectivity index (χ0v) is 9.25. The summed E-state index contributed by atoms with van der Waals surface area (Å²) in [7, 11) is 0. The second kappa shape index (κ2) is 8.17. The van der Waals surface area contributed by atoms with Crippen LogP contribution in [0.25, 0.3) is 0 Å². The lowest BCUT2D eigenvalue weighted by atomic mass is 9.98. The van der Waals surface area contributed by atoms with Gasteiger partial charge in [-0.3, -0.25) is 0 Å². The number of aliphatic hydroxyl groups excluding tert-OH is 2. The normalized spacial score (nSPS) is 12.0.